The van der Waals surface area contributed by atoms with Crippen molar-refractivity contribution in [1.82, 2.24) is 8.87 Å². The van der Waals surface area contributed by atoms with Crippen molar-refractivity contribution in [2.75, 3.05) is 18.4 Å². The average Bonchev–Trinajstić information content (AvgIpc) is 3.25. The van der Waals surface area contributed by atoms with Crippen LogP contribution >= 0.6 is 0 Å². The lowest BCUT2D eigenvalue weighted by Gasteiger charge is -2.16. The molecule has 1 aliphatic heterocycles. The number of amides is 1. The maximum absolute atomic E-state index is 12.7. The van der Waals surface area contributed by atoms with E-state index in [-0.39, 0.29) is 29.0 Å². The Kier molecular flexibility index (Phi) is 7.07. The Hall–Kier alpha value is -2.78. The highest BCUT2D eigenvalue weighted by atomic mass is 32.2. The highest BCUT2D eigenvalue weighted by Crippen LogP contribution is 2.20. The number of carbonyl (C=O) groups is 2. The molecule has 2 heterocycles. The van der Waals surface area contributed by atoms with Crippen LogP contribution in [0.15, 0.2) is 52.3 Å². The van der Waals surface area contributed by atoms with Crippen molar-refractivity contribution in [1.29, 1.82) is 0 Å². The van der Waals surface area contributed by atoms with Crippen LogP contribution in [-0.4, -0.2) is 42.1 Å². The molecule has 9 heteroatoms. The van der Waals surface area contributed by atoms with E-state index in [1.807, 2.05) is 13.8 Å². The van der Waals surface area contributed by atoms with Gasteiger partial charge in [-0.05, 0) is 49.1 Å². The number of rotatable bonds is 8. The highest BCUT2D eigenvalue weighted by molar-refractivity contribution is 7.89. The van der Waals surface area contributed by atoms with Crippen LogP contribution in [0.2, 0.25) is 0 Å². The van der Waals surface area contributed by atoms with Gasteiger partial charge in [0.1, 0.15) is 0 Å². The summed E-state index contributed by atoms with van der Waals surface area (Å²) in [5.41, 5.74) is 0.492. The lowest BCUT2D eigenvalue weighted by atomic mass is 10.1. The minimum atomic E-state index is -3.68. The lowest BCUT2D eigenvalue weighted by molar-refractivity contribution is -0.116. The molecule has 1 fully saturated rings. The smallest absolute Gasteiger partial charge is 0.251 e. The molecule has 0 bridgehead atoms. The summed E-state index contributed by atoms with van der Waals surface area (Å²) in [5.74, 6) is -0.196. The van der Waals surface area contributed by atoms with Crippen LogP contribution in [0.5, 0.6) is 0 Å². The minimum absolute atomic E-state index is 0.00464. The number of hydrogen-bond donors (Lipinski definition) is 1. The van der Waals surface area contributed by atoms with E-state index < -0.39 is 15.6 Å². The molecule has 1 N–H and O–H groups in total. The first-order chi connectivity index (χ1) is 14.7. The first-order valence-electron chi connectivity index (χ1n) is 10.3. The van der Waals surface area contributed by atoms with Crippen LogP contribution in [-0.2, 0) is 21.4 Å². The van der Waals surface area contributed by atoms with Gasteiger partial charge >= 0.3 is 0 Å². The highest BCUT2D eigenvalue weighted by Gasteiger charge is 2.27. The third kappa shape index (κ3) is 5.68. The molecule has 0 spiro atoms. The molecule has 0 aliphatic carbocycles. The number of Topliss-reactive ketones (excluding diaryl/α,β-unsaturated/α-hetero) is 1. The van der Waals surface area contributed by atoms with Gasteiger partial charge in [-0.15, -0.1) is 0 Å². The topological polar surface area (TPSA) is 106 Å². The van der Waals surface area contributed by atoms with E-state index in [4.69, 9.17) is 0 Å². The summed E-state index contributed by atoms with van der Waals surface area (Å²) in [6.45, 7) is 4.55. The summed E-state index contributed by atoms with van der Waals surface area (Å²) in [7, 11) is -3.68. The Balaban J connectivity index is 1.73. The van der Waals surface area contributed by atoms with E-state index in [9.17, 15) is 22.8 Å². The number of carbonyl (C=O) groups excluding carboxylic acids is 2. The fourth-order valence-corrected chi connectivity index (χ4v) is 4.97. The third-order valence-corrected chi connectivity index (χ3v) is 6.94. The second-order valence-corrected chi connectivity index (χ2v) is 10.0. The Morgan fingerprint density at radius 3 is 2.29 bits per heavy atom. The second-order valence-electron chi connectivity index (χ2n) is 8.09. The van der Waals surface area contributed by atoms with Gasteiger partial charge in [-0.25, -0.2) is 8.42 Å². The van der Waals surface area contributed by atoms with E-state index in [2.05, 4.69) is 5.32 Å². The summed E-state index contributed by atoms with van der Waals surface area (Å²) < 4.78 is 28.0. The molecule has 1 saturated heterocycles. The van der Waals surface area contributed by atoms with E-state index >= 15 is 0 Å². The summed E-state index contributed by atoms with van der Waals surface area (Å²) in [6, 6.07) is 8.85. The number of anilines is 1. The van der Waals surface area contributed by atoms with E-state index in [1.165, 1.54) is 22.6 Å². The van der Waals surface area contributed by atoms with Gasteiger partial charge in [0.25, 0.3) is 5.56 Å². The summed E-state index contributed by atoms with van der Waals surface area (Å²) in [5, 5.41) is 2.77. The molecule has 31 heavy (non-hydrogen) atoms. The Morgan fingerprint density at radius 1 is 1.03 bits per heavy atom. The first kappa shape index (κ1) is 22.9. The predicted molar refractivity (Wildman–Crippen MR) is 118 cm³/mol. The number of nitrogens with one attached hydrogen (secondary N) is 1. The van der Waals surface area contributed by atoms with Gasteiger partial charge in [0.05, 0.1) is 11.4 Å². The lowest BCUT2D eigenvalue weighted by Crippen LogP contribution is -2.30. The first-order valence-corrected chi connectivity index (χ1v) is 11.7. The predicted octanol–water partition coefficient (Wildman–Crippen LogP) is 2.50. The van der Waals surface area contributed by atoms with Gasteiger partial charge in [-0.3, -0.25) is 14.4 Å². The van der Waals surface area contributed by atoms with Gasteiger partial charge < -0.3 is 9.88 Å². The molecule has 8 nitrogen and oxygen atoms in total. The second kappa shape index (κ2) is 9.57. The van der Waals surface area contributed by atoms with Gasteiger partial charge in [0.2, 0.25) is 15.9 Å². The molecule has 166 valence electrons. The standard InChI is InChI=1S/C22H27N3O5S/c1-16(2)13-21(27)23-18-7-5-17(6-8-18)20(26)15-24-14-19(9-10-22(24)28)31(29,30)25-11-3-4-12-25/h5-10,14,16H,3-4,11-13,15H2,1-2H3,(H,23,27). The van der Waals surface area contributed by atoms with Gasteiger partial charge in [0, 0.05) is 43.0 Å². The zero-order chi connectivity index (χ0) is 22.6. The van der Waals surface area contributed by atoms with Crippen molar-refractivity contribution < 1.29 is 18.0 Å². The molecule has 1 aromatic heterocycles. The zero-order valence-electron chi connectivity index (χ0n) is 17.7. The molecule has 1 aromatic carbocycles. The van der Waals surface area contributed by atoms with E-state index in [1.54, 1.807) is 24.3 Å². The number of pyridine rings is 1. The van der Waals surface area contributed by atoms with Crippen molar-refractivity contribution in [2.24, 2.45) is 5.92 Å². The quantitative estimate of drug-likeness (QED) is 0.629. The number of aromatic nitrogens is 1. The molecular weight excluding hydrogens is 418 g/mol. The van der Waals surface area contributed by atoms with Crippen molar-refractivity contribution >= 4 is 27.4 Å². The minimum Gasteiger partial charge on any atom is -0.326 e. The van der Waals surface area contributed by atoms with Crippen LogP contribution in [0.4, 0.5) is 5.69 Å². The number of nitrogens with zero attached hydrogens (tertiary/aromatic N) is 2. The van der Waals surface area contributed by atoms with Crippen LogP contribution in [0.3, 0.4) is 0 Å². The summed E-state index contributed by atoms with van der Waals surface area (Å²) in [6.07, 6.45) is 3.26. The molecule has 0 unspecified atom stereocenters. The average molecular weight is 446 g/mol. The fourth-order valence-electron chi connectivity index (χ4n) is 3.43. The normalized spacial score (nSPS) is 14.7. The van der Waals surface area contributed by atoms with Crippen molar-refractivity contribution in [3.8, 4) is 0 Å². The fraction of sp³-hybridized carbons (Fsp3) is 0.409. The van der Waals surface area contributed by atoms with Gasteiger partial charge in [0.15, 0.2) is 5.78 Å². The molecule has 0 atom stereocenters. The monoisotopic (exact) mass is 445 g/mol. The Bertz CT molecular complexity index is 1110. The Morgan fingerprint density at radius 2 is 1.68 bits per heavy atom. The van der Waals surface area contributed by atoms with Crippen molar-refractivity contribution in [3.05, 3.63) is 58.5 Å². The number of sulfonamides is 1. The SMILES string of the molecule is CC(C)CC(=O)Nc1ccc(C(=O)Cn2cc(S(=O)(=O)N3CCCC3)ccc2=O)cc1. The largest absolute Gasteiger partial charge is 0.326 e. The maximum Gasteiger partial charge on any atom is 0.251 e. The molecule has 0 radical (unpaired) electrons. The van der Waals surface area contributed by atoms with Crippen LogP contribution < -0.4 is 10.9 Å². The molecule has 1 aliphatic rings. The Labute approximate surface area is 181 Å². The number of hydrogen-bond acceptors (Lipinski definition) is 5. The molecular formula is C22H27N3O5S. The van der Waals surface area contributed by atoms with E-state index in [0.717, 1.165) is 17.4 Å². The zero-order valence-corrected chi connectivity index (χ0v) is 18.5. The molecule has 0 saturated carbocycles. The van der Waals surface area contributed by atoms with Crippen LogP contribution in [0.25, 0.3) is 0 Å². The van der Waals surface area contributed by atoms with Gasteiger partial charge in [-0.1, -0.05) is 13.8 Å². The van der Waals surface area contributed by atoms with Crippen molar-refractivity contribution in [2.45, 2.75) is 44.6 Å². The molecule has 3 rings (SSSR count). The summed E-state index contributed by atoms with van der Waals surface area (Å²) >= 11 is 0. The van der Waals surface area contributed by atoms with Gasteiger partial charge in [-0.2, -0.15) is 4.31 Å². The number of benzene rings is 1. The molecule has 2 aromatic rings. The molecule has 1 amide bonds. The van der Waals surface area contributed by atoms with Crippen molar-refractivity contribution in [3.63, 3.8) is 0 Å². The van der Waals surface area contributed by atoms with Crippen LogP contribution in [0.1, 0.15) is 43.5 Å². The maximum atomic E-state index is 12.7. The van der Waals surface area contributed by atoms with E-state index in [0.29, 0.717) is 30.8 Å². The van der Waals surface area contributed by atoms with Crippen LogP contribution in [0, 0.1) is 5.92 Å². The number of ketones is 1. The summed E-state index contributed by atoms with van der Waals surface area (Å²) in [4.78, 5) is 36.7. The third-order valence-electron chi connectivity index (χ3n) is 5.06.